The van der Waals surface area contributed by atoms with Crippen molar-refractivity contribution >= 4 is 11.6 Å². The van der Waals surface area contributed by atoms with Gasteiger partial charge in [-0.3, -0.25) is 4.90 Å². The van der Waals surface area contributed by atoms with Gasteiger partial charge >= 0.3 is 0 Å². The van der Waals surface area contributed by atoms with Gasteiger partial charge in [-0.1, -0.05) is 0 Å². The monoisotopic (exact) mass is 221 g/mol. The molecule has 1 aliphatic rings. The molecule has 1 aliphatic heterocycles. The van der Waals surface area contributed by atoms with Crippen molar-refractivity contribution in [1.82, 2.24) is 14.9 Å². The van der Waals surface area contributed by atoms with Gasteiger partial charge in [0.25, 0.3) is 0 Å². The molecule has 0 saturated carbocycles. The number of hydrogen-bond donors (Lipinski definition) is 1. The minimum atomic E-state index is 0.156. The molecule has 0 amide bonds. The molecule has 0 bridgehead atoms. The Balaban J connectivity index is 2.14. The molecule has 0 unspecified atom stereocenters. The summed E-state index contributed by atoms with van der Waals surface area (Å²) in [4.78, 5) is 13.1. The third-order valence-corrected chi connectivity index (χ3v) is 3.26. The van der Waals surface area contributed by atoms with Gasteiger partial charge in [0.15, 0.2) is 0 Å². The fourth-order valence-corrected chi connectivity index (χ4v) is 1.91. The van der Waals surface area contributed by atoms with E-state index in [0.29, 0.717) is 5.69 Å². The van der Waals surface area contributed by atoms with Crippen molar-refractivity contribution in [3.05, 3.63) is 12.4 Å². The molecule has 0 radical (unpaired) electrons. The van der Waals surface area contributed by atoms with Crippen LogP contribution in [0.4, 0.5) is 11.6 Å². The van der Waals surface area contributed by atoms with Crippen LogP contribution in [0.3, 0.4) is 0 Å². The molecule has 1 saturated heterocycles. The van der Waals surface area contributed by atoms with E-state index in [1.165, 1.54) is 0 Å². The Bertz CT molecular complexity index is 359. The number of piperazine rings is 1. The second-order valence-electron chi connectivity index (χ2n) is 4.97. The van der Waals surface area contributed by atoms with Crippen LogP contribution < -0.4 is 10.6 Å². The SMILES string of the molecule is CN1CCN(c2ncc(N)cn2)CC1(C)C. The van der Waals surface area contributed by atoms with Crippen molar-refractivity contribution in [3.63, 3.8) is 0 Å². The van der Waals surface area contributed by atoms with Crippen LogP contribution in [-0.4, -0.2) is 47.1 Å². The van der Waals surface area contributed by atoms with Crippen molar-refractivity contribution in [2.75, 3.05) is 37.3 Å². The number of nitrogens with two attached hydrogens (primary N) is 1. The summed E-state index contributed by atoms with van der Waals surface area (Å²) in [5, 5.41) is 0. The molecule has 1 aromatic heterocycles. The summed E-state index contributed by atoms with van der Waals surface area (Å²) in [6, 6.07) is 0. The quantitative estimate of drug-likeness (QED) is 0.752. The lowest BCUT2D eigenvalue weighted by atomic mass is 10.0. The molecule has 0 atom stereocenters. The molecule has 0 aromatic carbocycles. The van der Waals surface area contributed by atoms with E-state index in [9.17, 15) is 0 Å². The first-order chi connectivity index (χ1) is 7.49. The predicted octanol–water partition coefficient (Wildman–Crippen LogP) is 0.589. The number of rotatable bonds is 1. The molecule has 88 valence electrons. The molecular formula is C11H19N5. The third-order valence-electron chi connectivity index (χ3n) is 3.26. The number of nitrogens with zero attached hydrogens (tertiary/aromatic N) is 4. The van der Waals surface area contributed by atoms with Crippen molar-refractivity contribution in [2.45, 2.75) is 19.4 Å². The lowest BCUT2D eigenvalue weighted by Gasteiger charge is -2.45. The van der Waals surface area contributed by atoms with E-state index in [0.717, 1.165) is 25.6 Å². The number of aromatic nitrogens is 2. The molecule has 5 heteroatoms. The van der Waals surface area contributed by atoms with Crippen molar-refractivity contribution in [3.8, 4) is 0 Å². The fraction of sp³-hybridized carbons (Fsp3) is 0.636. The Morgan fingerprint density at radius 3 is 2.44 bits per heavy atom. The van der Waals surface area contributed by atoms with Gasteiger partial charge in [0.1, 0.15) is 0 Å². The van der Waals surface area contributed by atoms with Gasteiger partial charge in [-0.2, -0.15) is 0 Å². The largest absolute Gasteiger partial charge is 0.396 e. The smallest absolute Gasteiger partial charge is 0.225 e. The van der Waals surface area contributed by atoms with Crippen LogP contribution in [0.15, 0.2) is 12.4 Å². The first-order valence-electron chi connectivity index (χ1n) is 5.53. The van der Waals surface area contributed by atoms with Crippen molar-refractivity contribution < 1.29 is 0 Å². The molecule has 1 fully saturated rings. The first kappa shape index (κ1) is 11.1. The van der Waals surface area contributed by atoms with E-state index in [1.54, 1.807) is 12.4 Å². The summed E-state index contributed by atoms with van der Waals surface area (Å²) < 4.78 is 0. The Morgan fingerprint density at radius 2 is 1.88 bits per heavy atom. The van der Waals surface area contributed by atoms with Gasteiger partial charge in [0.2, 0.25) is 5.95 Å². The summed E-state index contributed by atoms with van der Waals surface area (Å²) in [6.07, 6.45) is 3.32. The number of nitrogen functional groups attached to an aromatic ring is 1. The highest BCUT2D eigenvalue weighted by Crippen LogP contribution is 2.21. The van der Waals surface area contributed by atoms with E-state index in [2.05, 4.69) is 40.7 Å². The molecule has 2 N–H and O–H groups in total. The summed E-state index contributed by atoms with van der Waals surface area (Å²) in [5.41, 5.74) is 6.34. The highest BCUT2D eigenvalue weighted by atomic mass is 15.3. The van der Waals surface area contributed by atoms with Crippen LogP contribution in [0.25, 0.3) is 0 Å². The zero-order valence-electron chi connectivity index (χ0n) is 10.1. The maximum Gasteiger partial charge on any atom is 0.225 e. The topological polar surface area (TPSA) is 58.3 Å². The van der Waals surface area contributed by atoms with Crippen LogP contribution >= 0.6 is 0 Å². The van der Waals surface area contributed by atoms with Gasteiger partial charge in [-0.25, -0.2) is 9.97 Å². The van der Waals surface area contributed by atoms with Crippen molar-refractivity contribution in [2.24, 2.45) is 0 Å². The molecule has 2 rings (SSSR count). The number of anilines is 2. The van der Waals surface area contributed by atoms with Crippen LogP contribution in [0.1, 0.15) is 13.8 Å². The predicted molar refractivity (Wildman–Crippen MR) is 65.4 cm³/mol. The molecule has 0 aliphatic carbocycles. The highest BCUT2D eigenvalue weighted by molar-refractivity contribution is 5.38. The van der Waals surface area contributed by atoms with Gasteiger partial charge in [0, 0.05) is 25.2 Å². The zero-order chi connectivity index (χ0) is 11.8. The Kier molecular flexibility index (Phi) is 2.71. The van der Waals surface area contributed by atoms with Gasteiger partial charge in [-0.15, -0.1) is 0 Å². The lowest BCUT2D eigenvalue weighted by molar-refractivity contribution is 0.138. The summed E-state index contributed by atoms with van der Waals surface area (Å²) in [5.74, 6) is 0.773. The molecule has 0 spiro atoms. The molecule has 16 heavy (non-hydrogen) atoms. The number of likely N-dealkylation sites (N-methyl/N-ethyl adjacent to an activating group) is 1. The maximum atomic E-state index is 5.58. The summed E-state index contributed by atoms with van der Waals surface area (Å²) >= 11 is 0. The fourth-order valence-electron chi connectivity index (χ4n) is 1.91. The van der Waals surface area contributed by atoms with E-state index in [4.69, 9.17) is 5.73 Å². The summed E-state index contributed by atoms with van der Waals surface area (Å²) in [7, 11) is 2.15. The third kappa shape index (κ3) is 2.09. The molecule has 2 heterocycles. The minimum Gasteiger partial charge on any atom is -0.396 e. The Morgan fingerprint density at radius 1 is 1.25 bits per heavy atom. The Labute approximate surface area is 96.3 Å². The van der Waals surface area contributed by atoms with Gasteiger partial charge in [-0.05, 0) is 20.9 Å². The molecular weight excluding hydrogens is 202 g/mol. The highest BCUT2D eigenvalue weighted by Gasteiger charge is 2.31. The first-order valence-corrected chi connectivity index (χ1v) is 5.53. The van der Waals surface area contributed by atoms with Gasteiger partial charge < -0.3 is 10.6 Å². The van der Waals surface area contributed by atoms with E-state index in [1.807, 2.05) is 0 Å². The minimum absolute atomic E-state index is 0.156. The second kappa shape index (κ2) is 3.90. The zero-order valence-corrected chi connectivity index (χ0v) is 10.1. The van der Waals surface area contributed by atoms with Crippen LogP contribution in [-0.2, 0) is 0 Å². The average molecular weight is 221 g/mol. The van der Waals surface area contributed by atoms with E-state index >= 15 is 0 Å². The maximum absolute atomic E-state index is 5.58. The summed E-state index contributed by atoms with van der Waals surface area (Å²) in [6.45, 7) is 7.39. The van der Waals surface area contributed by atoms with Gasteiger partial charge in [0.05, 0.1) is 18.1 Å². The Hall–Kier alpha value is -1.36. The lowest BCUT2D eigenvalue weighted by Crippen LogP contribution is -2.58. The van der Waals surface area contributed by atoms with Crippen LogP contribution in [0, 0.1) is 0 Å². The molecule has 1 aromatic rings. The van der Waals surface area contributed by atoms with E-state index in [-0.39, 0.29) is 5.54 Å². The molecule has 5 nitrogen and oxygen atoms in total. The second-order valence-corrected chi connectivity index (χ2v) is 4.97. The van der Waals surface area contributed by atoms with Crippen LogP contribution in [0.2, 0.25) is 0 Å². The normalized spacial score (nSPS) is 21.1. The standard InChI is InChI=1S/C11H19N5/c1-11(2)8-16(5-4-15(11)3)10-13-6-9(12)7-14-10/h6-7H,4-5,8,12H2,1-3H3. The average Bonchev–Trinajstić information content (AvgIpc) is 2.23. The van der Waals surface area contributed by atoms with E-state index < -0.39 is 0 Å². The van der Waals surface area contributed by atoms with Crippen molar-refractivity contribution in [1.29, 1.82) is 0 Å². The number of hydrogen-bond acceptors (Lipinski definition) is 5. The van der Waals surface area contributed by atoms with Crippen LogP contribution in [0.5, 0.6) is 0 Å².